The summed E-state index contributed by atoms with van der Waals surface area (Å²) in [6, 6.07) is 21.3. The molecule has 0 saturated carbocycles. The second kappa shape index (κ2) is 8.13. The van der Waals surface area contributed by atoms with Gasteiger partial charge in [-0.25, -0.2) is 0 Å². The number of rotatable bonds is 5. The molecule has 30 heavy (non-hydrogen) atoms. The zero-order valence-electron chi connectivity index (χ0n) is 16.3. The number of hydrogen-bond acceptors (Lipinski definition) is 3. The number of amides is 3. The van der Waals surface area contributed by atoms with Gasteiger partial charge in [-0.3, -0.25) is 19.3 Å². The van der Waals surface area contributed by atoms with E-state index in [1.165, 1.54) is 4.90 Å². The number of imide groups is 1. The van der Waals surface area contributed by atoms with Gasteiger partial charge in [-0.05, 0) is 48.4 Å². The van der Waals surface area contributed by atoms with Crippen LogP contribution in [0, 0.1) is 0 Å². The molecule has 3 amide bonds. The fourth-order valence-electron chi connectivity index (χ4n) is 3.47. The van der Waals surface area contributed by atoms with Crippen molar-refractivity contribution in [1.82, 2.24) is 4.90 Å². The molecule has 0 saturated heterocycles. The van der Waals surface area contributed by atoms with Crippen molar-refractivity contribution in [3.8, 4) is 0 Å². The summed E-state index contributed by atoms with van der Waals surface area (Å²) < 4.78 is 0. The Labute approximate surface area is 179 Å². The molecule has 0 aromatic heterocycles. The van der Waals surface area contributed by atoms with E-state index < -0.39 is 0 Å². The maximum atomic E-state index is 12.6. The lowest BCUT2D eigenvalue weighted by Gasteiger charge is -2.17. The number of fused-ring (bicyclic) bond motifs is 1. The summed E-state index contributed by atoms with van der Waals surface area (Å²) in [7, 11) is 0. The minimum absolute atomic E-state index is 0.0309. The molecule has 0 aliphatic carbocycles. The standard InChI is InChI=1S/C24H19ClN2O3/c1-15(16-7-3-2-4-8-16)22(28)26-18-11-12-21(25)17(13-18)14-27-23(29)19-9-5-6-10-20(19)24(27)30/h2-13,15H,14H2,1H3,(H,26,28)/t15-/m1/s1. The van der Waals surface area contributed by atoms with Crippen molar-refractivity contribution >= 4 is 35.0 Å². The van der Waals surface area contributed by atoms with Gasteiger partial charge in [0.25, 0.3) is 11.8 Å². The molecule has 0 bridgehead atoms. The molecule has 3 aromatic rings. The molecule has 1 aliphatic heterocycles. The Bertz CT molecular complexity index is 1110. The van der Waals surface area contributed by atoms with Crippen LogP contribution in [0.1, 0.15) is 44.7 Å². The monoisotopic (exact) mass is 418 g/mol. The summed E-state index contributed by atoms with van der Waals surface area (Å²) in [4.78, 5) is 39.1. The van der Waals surface area contributed by atoms with Crippen LogP contribution in [0.3, 0.4) is 0 Å². The molecular formula is C24H19ClN2O3. The van der Waals surface area contributed by atoms with Crippen LogP contribution >= 0.6 is 11.6 Å². The van der Waals surface area contributed by atoms with Crippen LogP contribution in [0.25, 0.3) is 0 Å². The molecular weight excluding hydrogens is 400 g/mol. The van der Waals surface area contributed by atoms with E-state index in [2.05, 4.69) is 5.32 Å². The van der Waals surface area contributed by atoms with Crippen molar-refractivity contribution in [2.75, 3.05) is 5.32 Å². The first-order valence-corrected chi connectivity index (χ1v) is 9.93. The van der Waals surface area contributed by atoms with Gasteiger partial charge < -0.3 is 5.32 Å². The highest BCUT2D eigenvalue weighted by Crippen LogP contribution is 2.28. The average molecular weight is 419 g/mol. The van der Waals surface area contributed by atoms with Gasteiger partial charge in [0, 0.05) is 10.7 Å². The maximum absolute atomic E-state index is 12.6. The molecule has 4 rings (SSSR count). The van der Waals surface area contributed by atoms with Crippen molar-refractivity contribution in [2.45, 2.75) is 19.4 Å². The van der Waals surface area contributed by atoms with Gasteiger partial charge in [-0.2, -0.15) is 0 Å². The molecule has 0 unspecified atom stereocenters. The maximum Gasteiger partial charge on any atom is 0.261 e. The fraction of sp³-hybridized carbons (Fsp3) is 0.125. The first-order chi connectivity index (χ1) is 14.5. The van der Waals surface area contributed by atoms with E-state index in [1.807, 2.05) is 37.3 Å². The van der Waals surface area contributed by atoms with Crippen LogP contribution in [0.2, 0.25) is 5.02 Å². The summed E-state index contributed by atoms with van der Waals surface area (Å²) in [5.41, 5.74) is 2.82. The number of halogens is 1. The smallest absolute Gasteiger partial charge is 0.261 e. The van der Waals surface area contributed by atoms with Crippen LogP contribution in [0.5, 0.6) is 0 Å². The summed E-state index contributed by atoms with van der Waals surface area (Å²) in [6.45, 7) is 1.86. The molecule has 1 aliphatic rings. The number of nitrogens with one attached hydrogen (secondary N) is 1. The Hall–Kier alpha value is -3.44. The Morgan fingerprint density at radius 1 is 0.933 bits per heavy atom. The zero-order valence-corrected chi connectivity index (χ0v) is 17.0. The van der Waals surface area contributed by atoms with Crippen molar-refractivity contribution < 1.29 is 14.4 Å². The molecule has 5 nitrogen and oxygen atoms in total. The lowest BCUT2D eigenvalue weighted by atomic mass is 10.0. The summed E-state index contributed by atoms with van der Waals surface area (Å²) in [6.07, 6.45) is 0. The largest absolute Gasteiger partial charge is 0.326 e. The van der Waals surface area contributed by atoms with E-state index in [0.717, 1.165) is 5.56 Å². The molecule has 1 atom stereocenters. The third-order valence-corrected chi connectivity index (χ3v) is 5.58. The predicted octanol–water partition coefficient (Wildman–Crippen LogP) is 4.88. The summed E-state index contributed by atoms with van der Waals surface area (Å²) >= 11 is 6.31. The first kappa shape index (κ1) is 19.9. The van der Waals surface area contributed by atoms with E-state index in [4.69, 9.17) is 11.6 Å². The van der Waals surface area contributed by atoms with Crippen LogP contribution in [0.4, 0.5) is 5.69 Å². The molecule has 3 aromatic carbocycles. The number of benzene rings is 3. The van der Waals surface area contributed by atoms with Crippen molar-refractivity contribution in [3.05, 3.63) is 100 Å². The third kappa shape index (κ3) is 3.72. The molecule has 0 spiro atoms. The van der Waals surface area contributed by atoms with Crippen LogP contribution in [-0.2, 0) is 11.3 Å². The Morgan fingerprint density at radius 3 is 2.17 bits per heavy atom. The Kier molecular flexibility index (Phi) is 5.38. The van der Waals surface area contributed by atoms with E-state index in [9.17, 15) is 14.4 Å². The highest BCUT2D eigenvalue weighted by Gasteiger charge is 2.35. The Morgan fingerprint density at radius 2 is 1.53 bits per heavy atom. The molecule has 0 fully saturated rings. The van der Waals surface area contributed by atoms with Crippen molar-refractivity contribution in [2.24, 2.45) is 0 Å². The summed E-state index contributed by atoms with van der Waals surface area (Å²) in [5, 5.41) is 3.30. The minimum Gasteiger partial charge on any atom is -0.326 e. The molecule has 1 heterocycles. The average Bonchev–Trinajstić information content (AvgIpc) is 3.01. The fourth-order valence-corrected chi connectivity index (χ4v) is 3.65. The van der Waals surface area contributed by atoms with Gasteiger partial charge in [-0.1, -0.05) is 54.1 Å². The predicted molar refractivity (Wildman–Crippen MR) is 116 cm³/mol. The zero-order chi connectivity index (χ0) is 21.3. The highest BCUT2D eigenvalue weighted by molar-refractivity contribution is 6.31. The van der Waals surface area contributed by atoms with Gasteiger partial charge >= 0.3 is 0 Å². The number of hydrogen-bond donors (Lipinski definition) is 1. The Balaban J connectivity index is 1.52. The SMILES string of the molecule is C[C@@H](C(=O)Nc1ccc(Cl)c(CN2C(=O)c3ccccc3C2=O)c1)c1ccccc1. The lowest BCUT2D eigenvalue weighted by molar-refractivity contribution is -0.117. The molecule has 0 radical (unpaired) electrons. The number of carbonyl (C=O) groups excluding carboxylic acids is 3. The topological polar surface area (TPSA) is 66.5 Å². The van der Waals surface area contributed by atoms with Gasteiger partial charge in [0.05, 0.1) is 23.6 Å². The van der Waals surface area contributed by atoms with Crippen LogP contribution < -0.4 is 5.32 Å². The minimum atomic E-state index is -0.348. The van der Waals surface area contributed by atoms with Gasteiger partial charge in [0.1, 0.15) is 0 Å². The molecule has 1 N–H and O–H groups in total. The van der Waals surface area contributed by atoms with E-state index in [0.29, 0.717) is 27.4 Å². The second-order valence-electron chi connectivity index (χ2n) is 7.17. The quantitative estimate of drug-likeness (QED) is 0.600. The van der Waals surface area contributed by atoms with Gasteiger partial charge in [-0.15, -0.1) is 0 Å². The molecule has 150 valence electrons. The van der Waals surface area contributed by atoms with E-state index in [1.54, 1.807) is 42.5 Å². The number of nitrogens with zero attached hydrogens (tertiary/aromatic N) is 1. The highest BCUT2D eigenvalue weighted by atomic mass is 35.5. The van der Waals surface area contributed by atoms with Gasteiger partial charge in [0.2, 0.25) is 5.91 Å². The lowest BCUT2D eigenvalue weighted by Crippen LogP contribution is -2.29. The second-order valence-corrected chi connectivity index (χ2v) is 7.58. The van der Waals surface area contributed by atoms with E-state index >= 15 is 0 Å². The van der Waals surface area contributed by atoms with E-state index in [-0.39, 0.29) is 30.2 Å². The number of carbonyl (C=O) groups is 3. The number of anilines is 1. The van der Waals surface area contributed by atoms with Crippen molar-refractivity contribution in [3.63, 3.8) is 0 Å². The summed E-state index contributed by atoms with van der Waals surface area (Å²) in [5.74, 6) is -1.19. The first-order valence-electron chi connectivity index (χ1n) is 9.55. The van der Waals surface area contributed by atoms with Crippen molar-refractivity contribution in [1.29, 1.82) is 0 Å². The van der Waals surface area contributed by atoms with Crippen LogP contribution in [-0.4, -0.2) is 22.6 Å². The molecule has 6 heteroatoms. The normalized spacial score (nSPS) is 13.9. The van der Waals surface area contributed by atoms with Crippen LogP contribution in [0.15, 0.2) is 72.8 Å². The third-order valence-electron chi connectivity index (χ3n) is 5.21. The van der Waals surface area contributed by atoms with Gasteiger partial charge in [0.15, 0.2) is 0 Å².